The highest BCUT2D eigenvalue weighted by Crippen LogP contribution is 2.57. The summed E-state index contributed by atoms with van der Waals surface area (Å²) in [6, 6.07) is 0. The van der Waals surface area contributed by atoms with Gasteiger partial charge in [-0.15, -0.1) is 0 Å². The Morgan fingerprint density at radius 2 is 1.76 bits per heavy atom. The molecule has 0 aromatic rings. The van der Waals surface area contributed by atoms with Gasteiger partial charge in [0.25, 0.3) is 0 Å². The molecule has 1 saturated carbocycles. The standard InChI is InChI=1S/C13H23F2NS/c1-11(2)10(3-8-17-11)12(9-16)4-6-13(14,15)7-5-12/h10H,3-9,16H2,1-2H3. The molecule has 0 amide bonds. The summed E-state index contributed by atoms with van der Waals surface area (Å²) in [5.41, 5.74) is 5.94. The fourth-order valence-corrected chi connectivity index (χ4v) is 5.19. The number of alkyl halides is 2. The van der Waals surface area contributed by atoms with E-state index in [1.807, 2.05) is 11.8 Å². The fraction of sp³-hybridized carbons (Fsp3) is 1.00. The lowest BCUT2D eigenvalue weighted by Crippen LogP contribution is -2.48. The van der Waals surface area contributed by atoms with Gasteiger partial charge in [-0.05, 0) is 42.9 Å². The van der Waals surface area contributed by atoms with Crippen molar-refractivity contribution in [1.29, 1.82) is 0 Å². The van der Waals surface area contributed by atoms with Crippen LogP contribution in [0.4, 0.5) is 8.78 Å². The lowest BCUT2D eigenvalue weighted by atomic mass is 9.61. The second-order valence-electron chi connectivity index (χ2n) is 6.22. The summed E-state index contributed by atoms with van der Waals surface area (Å²) in [7, 11) is 0. The summed E-state index contributed by atoms with van der Waals surface area (Å²) in [5, 5.41) is 0. The van der Waals surface area contributed by atoms with Crippen molar-refractivity contribution in [3.05, 3.63) is 0 Å². The van der Waals surface area contributed by atoms with E-state index < -0.39 is 5.92 Å². The van der Waals surface area contributed by atoms with Crippen LogP contribution in [0.15, 0.2) is 0 Å². The van der Waals surface area contributed by atoms with Crippen molar-refractivity contribution in [2.45, 2.75) is 56.6 Å². The first-order valence-corrected chi connectivity index (χ1v) is 7.52. The monoisotopic (exact) mass is 263 g/mol. The fourth-order valence-electron chi connectivity index (χ4n) is 3.74. The second kappa shape index (κ2) is 4.37. The Kier molecular flexibility index (Phi) is 3.50. The van der Waals surface area contributed by atoms with E-state index in [-0.39, 0.29) is 23.0 Å². The number of nitrogens with two attached hydrogens (primary N) is 1. The van der Waals surface area contributed by atoms with Gasteiger partial charge in [0.2, 0.25) is 5.92 Å². The zero-order valence-corrected chi connectivity index (χ0v) is 11.6. The molecule has 1 saturated heterocycles. The minimum absolute atomic E-state index is 0.0292. The van der Waals surface area contributed by atoms with Gasteiger partial charge in [-0.25, -0.2) is 8.78 Å². The summed E-state index contributed by atoms with van der Waals surface area (Å²) < 4.78 is 26.8. The maximum Gasteiger partial charge on any atom is 0.248 e. The molecule has 2 aliphatic rings. The van der Waals surface area contributed by atoms with Crippen LogP contribution in [-0.4, -0.2) is 23.0 Å². The summed E-state index contributed by atoms with van der Waals surface area (Å²) in [5.74, 6) is -0.800. The van der Waals surface area contributed by atoms with Crippen molar-refractivity contribution in [3.8, 4) is 0 Å². The topological polar surface area (TPSA) is 26.0 Å². The molecule has 4 heteroatoms. The van der Waals surface area contributed by atoms with Gasteiger partial charge in [0.05, 0.1) is 0 Å². The minimum atomic E-state index is -2.45. The average molecular weight is 263 g/mol. The number of thioether (sulfide) groups is 1. The maximum atomic E-state index is 13.3. The van der Waals surface area contributed by atoms with Gasteiger partial charge >= 0.3 is 0 Å². The van der Waals surface area contributed by atoms with Gasteiger partial charge in [-0.1, -0.05) is 13.8 Å². The van der Waals surface area contributed by atoms with Gasteiger partial charge in [-0.2, -0.15) is 11.8 Å². The lowest BCUT2D eigenvalue weighted by Gasteiger charge is -2.48. The van der Waals surface area contributed by atoms with Gasteiger partial charge in [0, 0.05) is 17.6 Å². The molecule has 100 valence electrons. The quantitative estimate of drug-likeness (QED) is 0.822. The van der Waals surface area contributed by atoms with E-state index in [1.165, 1.54) is 0 Å². The molecule has 0 aromatic heterocycles. The summed E-state index contributed by atoms with van der Waals surface area (Å²) in [4.78, 5) is 0. The molecule has 0 spiro atoms. The third kappa shape index (κ3) is 2.48. The molecule has 1 heterocycles. The zero-order chi connectivity index (χ0) is 12.7. The summed E-state index contributed by atoms with van der Waals surface area (Å²) in [6.07, 6.45) is 2.40. The average Bonchev–Trinajstić information content (AvgIpc) is 2.60. The van der Waals surface area contributed by atoms with Crippen LogP contribution in [0.1, 0.15) is 46.0 Å². The molecule has 1 unspecified atom stereocenters. The number of rotatable bonds is 2. The third-order valence-corrected chi connectivity index (χ3v) is 6.31. The van der Waals surface area contributed by atoms with Crippen LogP contribution in [0.3, 0.4) is 0 Å². The van der Waals surface area contributed by atoms with E-state index in [0.717, 1.165) is 12.2 Å². The van der Waals surface area contributed by atoms with Crippen LogP contribution in [-0.2, 0) is 0 Å². The highest BCUT2D eigenvalue weighted by Gasteiger charge is 2.52. The van der Waals surface area contributed by atoms with E-state index in [1.54, 1.807) is 0 Å². The first-order valence-electron chi connectivity index (χ1n) is 6.53. The smallest absolute Gasteiger partial charge is 0.248 e. The van der Waals surface area contributed by atoms with Crippen molar-refractivity contribution < 1.29 is 8.78 Å². The van der Waals surface area contributed by atoms with Crippen LogP contribution in [0, 0.1) is 11.3 Å². The van der Waals surface area contributed by atoms with Crippen molar-refractivity contribution in [2.75, 3.05) is 12.3 Å². The number of hydrogen-bond acceptors (Lipinski definition) is 2. The van der Waals surface area contributed by atoms with Crippen LogP contribution in [0.2, 0.25) is 0 Å². The molecule has 2 N–H and O–H groups in total. The first-order chi connectivity index (χ1) is 7.81. The molecule has 17 heavy (non-hydrogen) atoms. The molecule has 0 bridgehead atoms. The van der Waals surface area contributed by atoms with Gasteiger partial charge in [0.15, 0.2) is 0 Å². The molecule has 1 nitrogen and oxygen atoms in total. The lowest BCUT2D eigenvalue weighted by molar-refractivity contribution is -0.0813. The second-order valence-corrected chi connectivity index (χ2v) is 7.96. The van der Waals surface area contributed by atoms with Crippen molar-refractivity contribution in [3.63, 3.8) is 0 Å². The van der Waals surface area contributed by atoms with Gasteiger partial charge < -0.3 is 5.73 Å². The minimum Gasteiger partial charge on any atom is -0.330 e. The predicted molar refractivity (Wildman–Crippen MR) is 69.5 cm³/mol. The molecule has 0 radical (unpaired) electrons. The molecule has 2 rings (SSSR count). The normalized spacial score (nSPS) is 34.8. The number of halogens is 2. The van der Waals surface area contributed by atoms with E-state index >= 15 is 0 Å². The number of hydrogen-bond donors (Lipinski definition) is 1. The molecule has 1 atom stereocenters. The van der Waals surface area contributed by atoms with Crippen molar-refractivity contribution in [1.82, 2.24) is 0 Å². The maximum absolute atomic E-state index is 13.3. The summed E-state index contributed by atoms with van der Waals surface area (Å²) in [6.45, 7) is 5.07. The van der Waals surface area contributed by atoms with Crippen LogP contribution in [0.25, 0.3) is 0 Å². The highest BCUT2D eigenvalue weighted by molar-refractivity contribution is 8.00. The van der Waals surface area contributed by atoms with Crippen LogP contribution < -0.4 is 5.73 Å². The van der Waals surface area contributed by atoms with Gasteiger partial charge in [-0.3, -0.25) is 0 Å². The Balaban J connectivity index is 2.16. The van der Waals surface area contributed by atoms with Gasteiger partial charge in [0.1, 0.15) is 0 Å². The molecular weight excluding hydrogens is 240 g/mol. The molecule has 1 aliphatic heterocycles. The Morgan fingerprint density at radius 3 is 2.18 bits per heavy atom. The molecule has 1 aliphatic carbocycles. The SMILES string of the molecule is CC1(C)SCCC1C1(CN)CCC(F)(F)CC1. The van der Waals surface area contributed by atoms with Crippen molar-refractivity contribution >= 4 is 11.8 Å². The predicted octanol–water partition coefficient (Wildman–Crippen LogP) is 3.67. The third-order valence-electron chi connectivity index (χ3n) is 4.84. The largest absolute Gasteiger partial charge is 0.330 e. The molecule has 0 aromatic carbocycles. The Morgan fingerprint density at radius 1 is 1.18 bits per heavy atom. The van der Waals surface area contributed by atoms with Crippen molar-refractivity contribution in [2.24, 2.45) is 17.1 Å². The van der Waals surface area contributed by atoms with E-state index in [2.05, 4.69) is 13.8 Å². The highest BCUT2D eigenvalue weighted by atomic mass is 32.2. The zero-order valence-electron chi connectivity index (χ0n) is 10.8. The van der Waals surface area contributed by atoms with Crippen LogP contribution in [0.5, 0.6) is 0 Å². The van der Waals surface area contributed by atoms with E-state index in [0.29, 0.717) is 25.3 Å². The Hall–Kier alpha value is 0.170. The van der Waals surface area contributed by atoms with E-state index in [4.69, 9.17) is 5.73 Å². The Labute approximate surface area is 107 Å². The Bertz CT molecular complexity index is 281. The summed E-state index contributed by atoms with van der Waals surface area (Å²) >= 11 is 1.97. The van der Waals surface area contributed by atoms with E-state index in [9.17, 15) is 8.78 Å². The molecule has 2 fully saturated rings. The van der Waals surface area contributed by atoms with Crippen LogP contribution >= 0.6 is 11.8 Å². The first kappa shape index (κ1) is 13.6. The molecular formula is C13H23F2NS.